The van der Waals surface area contributed by atoms with Gasteiger partial charge in [-0.1, -0.05) is 41.4 Å². The number of hydrogen-bond donors (Lipinski definition) is 1. The number of carbonyl (C=O) groups is 2. The molecule has 7 nitrogen and oxygen atoms in total. The standard InChI is InChI=1S/C29H24ClNO6/c1-15-5-10-21(16(2)11-15)31-25(17-6-8-20(35-3)9-7-17)24(27(33)29(31)34)26(32)22-13-18-12-19(30)14-23(36-4)28(18)37-22/h5-14,25,33H,1-4H3. The molecule has 5 rings (SSSR count). The van der Waals surface area contributed by atoms with Gasteiger partial charge >= 0.3 is 0 Å². The van der Waals surface area contributed by atoms with Gasteiger partial charge in [0.15, 0.2) is 22.9 Å². The average Bonchev–Trinajstić information content (AvgIpc) is 3.42. The van der Waals surface area contributed by atoms with Crippen molar-refractivity contribution >= 4 is 39.9 Å². The lowest BCUT2D eigenvalue weighted by atomic mass is 9.94. The van der Waals surface area contributed by atoms with Crippen LogP contribution < -0.4 is 14.4 Å². The second-order valence-corrected chi connectivity index (χ2v) is 9.31. The van der Waals surface area contributed by atoms with Crippen LogP contribution in [0.2, 0.25) is 5.02 Å². The molecule has 188 valence electrons. The Morgan fingerprint density at radius 2 is 1.73 bits per heavy atom. The van der Waals surface area contributed by atoms with Crippen LogP contribution in [-0.4, -0.2) is 31.0 Å². The molecular formula is C29H24ClNO6. The van der Waals surface area contributed by atoms with Crippen molar-refractivity contribution in [3.8, 4) is 11.5 Å². The molecule has 4 aromatic rings. The third-order valence-electron chi connectivity index (χ3n) is 6.49. The Morgan fingerprint density at radius 1 is 1.00 bits per heavy atom. The molecule has 37 heavy (non-hydrogen) atoms. The molecule has 0 bridgehead atoms. The molecule has 0 fully saturated rings. The number of aliphatic hydroxyl groups is 1. The first kappa shape index (κ1) is 24.5. The van der Waals surface area contributed by atoms with Crippen molar-refractivity contribution < 1.29 is 28.6 Å². The van der Waals surface area contributed by atoms with Crippen LogP contribution in [0.1, 0.15) is 33.3 Å². The van der Waals surface area contributed by atoms with Gasteiger partial charge in [-0.05, 0) is 55.3 Å². The number of halogens is 1. The number of anilines is 1. The largest absolute Gasteiger partial charge is 0.503 e. The Balaban J connectivity index is 1.67. The summed E-state index contributed by atoms with van der Waals surface area (Å²) >= 11 is 6.18. The van der Waals surface area contributed by atoms with Gasteiger partial charge in [-0.15, -0.1) is 0 Å². The number of furan rings is 1. The fourth-order valence-electron chi connectivity index (χ4n) is 4.75. The molecule has 1 amide bonds. The van der Waals surface area contributed by atoms with Crippen molar-refractivity contribution in [1.82, 2.24) is 0 Å². The Bertz CT molecular complexity index is 1580. The van der Waals surface area contributed by atoms with Crippen molar-refractivity contribution in [2.45, 2.75) is 19.9 Å². The number of carbonyl (C=O) groups excluding carboxylic acids is 2. The van der Waals surface area contributed by atoms with E-state index in [1.54, 1.807) is 43.5 Å². The van der Waals surface area contributed by atoms with E-state index in [0.29, 0.717) is 38.7 Å². The summed E-state index contributed by atoms with van der Waals surface area (Å²) < 4.78 is 16.5. The number of aliphatic hydroxyl groups excluding tert-OH is 1. The van der Waals surface area contributed by atoms with Gasteiger partial charge in [0.2, 0.25) is 5.78 Å². The summed E-state index contributed by atoms with van der Waals surface area (Å²) in [6.45, 7) is 3.84. The maximum absolute atomic E-state index is 13.9. The molecule has 0 spiro atoms. The molecule has 1 aliphatic rings. The number of rotatable bonds is 6. The van der Waals surface area contributed by atoms with Crippen LogP contribution in [-0.2, 0) is 4.79 Å². The number of fused-ring (bicyclic) bond motifs is 1. The molecule has 3 aromatic carbocycles. The molecule has 0 saturated carbocycles. The van der Waals surface area contributed by atoms with Gasteiger partial charge in [-0.3, -0.25) is 14.5 Å². The zero-order valence-corrected chi connectivity index (χ0v) is 21.4. The predicted molar refractivity (Wildman–Crippen MR) is 141 cm³/mol. The van der Waals surface area contributed by atoms with Crippen LogP contribution in [0.25, 0.3) is 11.0 Å². The number of aryl methyl sites for hydroxylation is 2. The number of Topliss-reactive ketones (excluding diaryl/α,β-unsaturated/α-hetero) is 1. The summed E-state index contributed by atoms with van der Waals surface area (Å²) in [6.07, 6.45) is 0. The highest BCUT2D eigenvalue weighted by Crippen LogP contribution is 2.44. The van der Waals surface area contributed by atoms with E-state index in [4.69, 9.17) is 25.5 Å². The highest BCUT2D eigenvalue weighted by Gasteiger charge is 2.45. The lowest BCUT2D eigenvalue weighted by molar-refractivity contribution is -0.117. The van der Waals surface area contributed by atoms with Gasteiger partial charge in [0.05, 0.1) is 25.8 Å². The number of benzene rings is 3. The first-order chi connectivity index (χ1) is 17.7. The summed E-state index contributed by atoms with van der Waals surface area (Å²) in [5, 5.41) is 12.0. The molecule has 2 heterocycles. The SMILES string of the molecule is COc1ccc(C2C(C(=O)c3cc4cc(Cl)cc(OC)c4o3)=C(O)C(=O)N2c2ccc(C)cc2C)cc1. The average molecular weight is 518 g/mol. The van der Waals surface area contributed by atoms with Crippen molar-refractivity contribution in [2.75, 3.05) is 19.1 Å². The lowest BCUT2D eigenvalue weighted by Gasteiger charge is -2.28. The topological polar surface area (TPSA) is 89.2 Å². The first-order valence-electron chi connectivity index (χ1n) is 11.5. The molecule has 1 atom stereocenters. The van der Waals surface area contributed by atoms with E-state index < -0.39 is 23.5 Å². The van der Waals surface area contributed by atoms with E-state index in [1.807, 2.05) is 32.0 Å². The maximum atomic E-state index is 13.9. The summed E-state index contributed by atoms with van der Waals surface area (Å²) in [5.74, 6) is -0.984. The normalized spacial score (nSPS) is 15.5. The Morgan fingerprint density at radius 3 is 2.38 bits per heavy atom. The first-order valence-corrected chi connectivity index (χ1v) is 11.9. The highest BCUT2D eigenvalue weighted by molar-refractivity contribution is 6.31. The number of amides is 1. The number of ether oxygens (including phenoxy) is 2. The van der Waals surface area contributed by atoms with Crippen LogP contribution in [0.15, 0.2) is 76.4 Å². The summed E-state index contributed by atoms with van der Waals surface area (Å²) in [6, 6.07) is 16.5. The minimum Gasteiger partial charge on any atom is -0.503 e. The van der Waals surface area contributed by atoms with Gasteiger partial charge in [-0.25, -0.2) is 0 Å². The smallest absolute Gasteiger partial charge is 0.294 e. The van der Waals surface area contributed by atoms with Crippen LogP contribution in [0.3, 0.4) is 0 Å². The van der Waals surface area contributed by atoms with Gasteiger partial charge in [0.1, 0.15) is 5.75 Å². The second kappa shape index (κ2) is 9.33. The fourth-order valence-corrected chi connectivity index (χ4v) is 4.96. The molecular weight excluding hydrogens is 494 g/mol. The molecule has 1 aromatic heterocycles. The Labute approximate surface area is 218 Å². The molecule has 1 unspecified atom stereocenters. The summed E-state index contributed by atoms with van der Waals surface area (Å²) in [7, 11) is 3.03. The second-order valence-electron chi connectivity index (χ2n) is 8.87. The van der Waals surface area contributed by atoms with Crippen LogP contribution >= 0.6 is 11.6 Å². The van der Waals surface area contributed by atoms with E-state index in [0.717, 1.165) is 11.1 Å². The number of hydrogen-bond acceptors (Lipinski definition) is 6. The molecule has 1 aliphatic heterocycles. The van der Waals surface area contributed by atoms with Gasteiger partial charge in [-0.2, -0.15) is 0 Å². The fraction of sp³-hybridized carbons (Fsp3) is 0.172. The summed E-state index contributed by atoms with van der Waals surface area (Å²) in [4.78, 5) is 28.8. The molecule has 0 saturated heterocycles. The van der Waals surface area contributed by atoms with Crippen LogP contribution in [0, 0.1) is 13.8 Å². The molecule has 0 radical (unpaired) electrons. The highest BCUT2D eigenvalue weighted by atomic mass is 35.5. The monoisotopic (exact) mass is 517 g/mol. The number of methoxy groups -OCH3 is 2. The molecule has 1 N–H and O–H groups in total. The summed E-state index contributed by atoms with van der Waals surface area (Å²) in [5.41, 5.74) is 3.32. The van der Waals surface area contributed by atoms with E-state index >= 15 is 0 Å². The van der Waals surface area contributed by atoms with Gasteiger partial charge in [0, 0.05) is 22.2 Å². The minimum absolute atomic E-state index is 0.0501. The van der Waals surface area contributed by atoms with Crippen molar-refractivity contribution in [1.29, 1.82) is 0 Å². The minimum atomic E-state index is -0.897. The van der Waals surface area contributed by atoms with E-state index in [1.165, 1.54) is 18.1 Å². The van der Waals surface area contributed by atoms with E-state index in [-0.39, 0.29) is 11.3 Å². The zero-order valence-electron chi connectivity index (χ0n) is 20.7. The maximum Gasteiger partial charge on any atom is 0.294 e. The third kappa shape index (κ3) is 4.11. The Hall–Kier alpha value is -4.23. The van der Waals surface area contributed by atoms with Crippen LogP contribution in [0.4, 0.5) is 5.69 Å². The zero-order chi connectivity index (χ0) is 26.4. The molecule has 8 heteroatoms. The van der Waals surface area contributed by atoms with E-state index in [2.05, 4.69) is 0 Å². The number of nitrogens with zero attached hydrogens (tertiary/aromatic N) is 1. The van der Waals surface area contributed by atoms with Crippen molar-refractivity contribution in [2.24, 2.45) is 0 Å². The quantitative estimate of drug-likeness (QED) is 0.293. The molecule has 0 aliphatic carbocycles. The Kier molecular flexibility index (Phi) is 6.17. The third-order valence-corrected chi connectivity index (χ3v) is 6.71. The van der Waals surface area contributed by atoms with Crippen molar-refractivity contribution in [3.63, 3.8) is 0 Å². The van der Waals surface area contributed by atoms with Gasteiger partial charge in [0.25, 0.3) is 5.91 Å². The van der Waals surface area contributed by atoms with Crippen molar-refractivity contribution in [3.05, 3.63) is 99.5 Å². The van der Waals surface area contributed by atoms with Crippen LogP contribution in [0.5, 0.6) is 11.5 Å². The predicted octanol–water partition coefficient (Wildman–Crippen LogP) is 6.50. The lowest BCUT2D eigenvalue weighted by Crippen LogP contribution is -2.31. The van der Waals surface area contributed by atoms with E-state index in [9.17, 15) is 14.7 Å². The van der Waals surface area contributed by atoms with Gasteiger partial charge < -0.3 is 19.0 Å². The number of ketones is 1.